The van der Waals surface area contributed by atoms with Gasteiger partial charge in [-0.25, -0.2) is 4.98 Å². The first kappa shape index (κ1) is 24.4. The van der Waals surface area contributed by atoms with Gasteiger partial charge in [0.15, 0.2) is 0 Å². The predicted octanol–water partition coefficient (Wildman–Crippen LogP) is 5.72. The van der Waals surface area contributed by atoms with Crippen LogP contribution < -0.4 is 4.74 Å². The zero-order valence-electron chi connectivity index (χ0n) is 19.1. The summed E-state index contributed by atoms with van der Waals surface area (Å²) in [5, 5.41) is 7.95. The van der Waals surface area contributed by atoms with Gasteiger partial charge in [0.1, 0.15) is 10.8 Å². The maximum absolute atomic E-state index is 8.36. The minimum atomic E-state index is -0.250. The molecule has 0 bridgehead atoms. The van der Waals surface area contributed by atoms with Gasteiger partial charge in [-0.15, -0.1) is 11.3 Å². The van der Waals surface area contributed by atoms with E-state index in [0.717, 1.165) is 34.7 Å². The molecule has 1 aliphatic heterocycles. The Morgan fingerprint density at radius 3 is 2.67 bits per heavy atom. The Morgan fingerprint density at radius 1 is 1.33 bits per heavy atom. The molecular formula is C24H36N2O3S. The number of carboxylic acid groups (broad SMARTS) is 1. The van der Waals surface area contributed by atoms with E-state index in [1.54, 1.807) is 11.3 Å². The molecule has 1 aliphatic rings. The fourth-order valence-corrected chi connectivity index (χ4v) is 5.01. The summed E-state index contributed by atoms with van der Waals surface area (Å²) in [5.74, 6) is 2.45. The second-order valence-electron chi connectivity index (χ2n) is 9.27. The molecule has 0 radical (unpaired) electrons. The van der Waals surface area contributed by atoms with Gasteiger partial charge in [-0.3, -0.25) is 9.69 Å². The zero-order valence-corrected chi connectivity index (χ0v) is 20.0. The van der Waals surface area contributed by atoms with E-state index in [-0.39, 0.29) is 6.47 Å². The summed E-state index contributed by atoms with van der Waals surface area (Å²) >= 11 is 1.81. The monoisotopic (exact) mass is 432 g/mol. The summed E-state index contributed by atoms with van der Waals surface area (Å²) in [5.41, 5.74) is 2.73. The number of benzene rings is 1. The highest BCUT2D eigenvalue weighted by Gasteiger charge is 2.32. The summed E-state index contributed by atoms with van der Waals surface area (Å²) in [6, 6.07) is 6.35. The van der Waals surface area contributed by atoms with Crippen LogP contribution in [0.5, 0.6) is 5.75 Å². The lowest BCUT2D eigenvalue weighted by Crippen LogP contribution is -2.43. The van der Waals surface area contributed by atoms with Crippen molar-refractivity contribution in [3.05, 3.63) is 34.8 Å². The van der Waals surface area contributed by atoms with Gasteiger partial charge in [-0.1, -0.05) is 39.3 Å². The molecule has 1 unspecified atom stereocenters. The number of thiazole rings is 1. The lowest BCUT2D eigenvalue weighted by Gasteiger charge is -2.42. The maximum Gasteiger partial charge on any atom is 0.290 e. The minimum absolute atomic E-state index is 0.250. The van der Waals surface area contributed by atoms with Crippen LogP contribution in [0.1, 0.15) is 51.5 Å². The van der Waals surface area contributed by atoms with Gasteiger partial charge in [0.2, 0.25) is 0 Å². The van der Waals surface area contributed by atoms with Gasteiger partial charge < -0.3 is 9.84 Å². The Labute approximate surface area is 185 Å². The zero-order chi connectivity index (χ0) is 22.3. The molecule has 1 fully saturated rings. The van der Waals surface area contributed by atoms with Crippen molar-refractivity contribution >= 4 is 17.8 Å². The highest BCUT2D eigenvalue weighted by atomic mass is 32.1. The number of likely N-dealkylation sites (tertiary alicyclic amines) is 1. The first-order valence-corrected chi connectivity index (χ1v) is 11.5. The largest absolute Gasteiger partial charge is 0.493 e. The number of piperidine rings is 1. The smallest absolute Gasteiger partial charge is 0.290 e. The third-order valence-electron chi connectivity index (χ3n) is 5.56. The SMILES string of the molecule is CCOc1ccc(C)cc1-c1ncc(CN2CC(C(C)(C)C)C[C@@H](C)C2)s1.O=CO. The van der Waals surface area contributed by atoms with E-state index in [1.165, 1.54) is 30.0 Å². The van der Waals surface area contributed by atoms with Crippen LogP contribution in [-0.2, 0) is 11.3 Å². The maximum atomic E-state index is 8.36. The molecule has 1 N–H and O–H groups in total. The lowest BCUT2D eigenvalue weighted by atomic mass is 9.74. The van der Waals surface area contributed by atoms with Crippen molar-refractivity contribution < 1.29 is 14.6 Å². The molecule has 1 saturated heterocycles. The van der Waals surface area contributed by atoms with Crippen molar-refractivity contribution in [2.24, 2.45) is 17.3 Å². The van der Waals surface area contributed by atoms with E-state index in [1.807, 2.05) is 6.92 Å². The van der Waals surface area contributed by atoms with Crippen LogP contribution in [0, 0.1) is 24.2 Å². The molecule has 2 atom stereocenters. The molecule has 1 aromatic carbocycles. The van der Waals surface area contributed by atoms with Crippen LogP contribution in [0.15, 0.2) is 24.4 Å². The van der Waals surface area contributed by atoms with Gasteiger partial charge in [0, 0.05) is 30.7 Å². The molecule has 0 amide bonds. The Morgan fingerprint density at radius 2 is 2.03 bits per heavy atom. The van der Waals surface area contributed by atoms with E-state index in [2.05, 4.69) is 63.9 Å². The van der Waals surface area contributed by atoms with E-state index in [0.29, 0.717) is 12.0 Å². The van der Waals surface area contributed by atoms with E-state index in [4.69, 9.17) is 19.6 Å². The number of aryl methyl sites for hydroxylation is 1. The molecule has 0 saturated carbocycles. The molecular weight excluding hydrogens is 396 g/mol. The number of rotatable bonds is 5. The highest BCUT2D eigenvalue weighted by molar-refractivity contribution is 7.15. The van der Waals surface area contributed by atoms with Crippen LogP contribution in [0.25, 0.3) is 10.6 Å². The Balaban J connectivity index is 0.00000101. The van der Waals surface area contributed by atoms with Crippen LogP contribution in [0.4, 0.5) is 0 Å². The van der Waals surface area contributed by atoms with Crippen LogP contribution >= 0.6 is 11.3 Å². The molecule has 0 aliphatic carbocycles. The van der Waals surface area contributed by atoms with Crippen molar-refractivity contribution in [1.29, 1.82) is 0 Å². The normalized spacial score (nSPS) is 19.7. The van der Waals surface area contributed by atoms with Crippen molar-refractivity contribution in [2.45, 2.75) is 54.5 Å². The summed E-state index contributed by atoms with van der Waals surface area (Å²) in [7, 11) is 0. The van der Waals surface area contributed by atoms with Gasteiger partial charge in [-0.2, -0.15) is 0 Å². The lowest BCUT2D eigenvalue weighted by molar-refractivity contribution is -0.122. The molecule has 3 rings (SSSR count). The van der Waals surface area contributed by atoms with Crippen molar-refractivity contribution in [1.82, 2.24) is 9.88 Å². The number of hydrogen-bond donors (Lipinski definition) is 1. The fraction of sp³-hybridized carbons (Fsp3) is 0.583. The third-order valence-corrected chi connectivity index (χ3v) is 6.57. The molecule has 30 heavy (non-hydrogen) atoms. The average Bonchev–Trinajstić information content (AvgIpc) is 3.11. The first-order valence-electron chi connectivity index (χ1n) is 10.7. The Bertz CT molecular complexity index is 813. The second kappa shape index (κ2) is 10.9. The molecule has 2 aromatic rings. The van der Waals surface area contributed by atoms with Gasteiger partial charge in [0.05, 0.1) is 12.2 Å². The van der Waals surface area contributed by atoms with Crippen LogP contribution in [-0.4, -0.2) is 41.2 Å². The van der Waals surface area contributed by atoms with Crippen molar-refractivity contribution in [3.8, 4) is 16.3 Å². The Hall–Kier alpha value is -1.92. The van der Waals surface area contributed by atoms with Crippen LogP contribution in [0.2, 0.25) is 0 Å². The fourth-order valence-electron chi connectivity index (χ4n) is 4.04. The molecule has 1 aromatic heterocycles. The number of carbonyl (C=O) groups is 1. The highest BCUT2D eigenvalue weighted by Crippen LogP contribution is 2.37. The quantitative estimate of drug-likeness (QED) is 0.612. The summed E-state index contributed by atoms with van der Waals surface area (Å²) < 4.78 is 5.83. The average molecular weight is 433 g/mol. The van der Waals surface area contributed by atoms with Crippen molar-refractivity contribution in [3.63, 3.8) is 0 Å². The van der Waals surface area contributed by atoms with Crippen molar-refractivity contribution in [2.75, 3.05) is 19.7 Å². The number of ether oxygens (including phenoxy) is 1. The summed E-state index contributed by atoms with van der Waals surface area (Å²) in [6.45, 7) is 17.5. The second-order valence-corrected chi connectivity index (χ2v) is 10.4. The Kier molecular flexibility index (Phi) is 8.86. The number of aromatic nitrogens is 1. The third kappa shape index (κ3) is 6.81. The van der Waals surface area contributed by atoms with Crippen LogP contribution in [0.3, 0.4) is 0 Å². The van der Waals surface area contributed by atoms with Gasteiger partial charge >= 0.3 is 0 Å². The molecule has 0 spiro atoms. The van der Waals surface area contributed by atoms with E-state index < -0.39 is 0 Å². The topological polar surface area (TPSA) is 62.7 Å². The number of hydrogen-bond acceptors (Lipinski definition) is 5. The van der Waals surface area contributed by atoms with Gasteiger partial charge in [0.25, 0.3) is 6.47 Å². The molecule has 5 nitrogen and oxygen atoms in total. The number of nitrogens with zero attached hydrogens (tertiary/aromatic N) is 2. The molecule has 6 heteroatoms. The summed E-state index contributed by atoms with van der Waals surface area (Å²) in [6.07, 6.45) is 3.40. The van der Waals surface area contributed by atoms with Gasteiger partial charge in [-0.05, 0) is 49.7 Å². The standard InChI is InChI=1S/C23H34N2OS.CH2O2/c1-7-26-21-9-8-16(2)11-20(21)22-24-12-19(27-22)15-25-13-17(3)10-18(14-25)23(4,5)6;2-1-3/h8-9,11-12,17-18H,7,10,13-15H2,1-6H3;1H,(H,2,3)/t17-,18?;/m1./s1. The predicted molar refractivity (Wildman–Crippen MR) is 124 cm³/mol. The van der Waals surface area contributed by atoms with E-state index >= 15 is 0 Å². The first-order chi connectivity index (χ1) is 14.2. The minimum Gasteiger partial charge on any atom is -0.493 e. The van der Waals surface area contributed by atoms with E-state index in [9.17, 15) is 0 Å². The molecule has 166 valence electrons. The molecule has 2 heterocycles. The summed E-state index contributed by atoms with van der Waals surface area (Å²) in [4.78, 5) is 17.1.